The van der Waals surface area contributed by atoms with Gasteiger partial charge in [-0.05, 0) is 31.4 Å². The molecule has 2 aromatic rings. The monoisotopic (exact) mass is 367 g/mol. The quantitative estimate of drug-likeness (QED) is 0.840. The molecule has 1 unspecified atom stereocenters. The predicted octanol–water partition coefficient (Wildman–Crippen LogP) is 3.89. The molecule has 25 heavy (non-hydrogen) atoms. The predicted molar refractivity (Wildman–Crippen MR) is 96.0 cm³/mol. The van der Waals surface area contributed by atoms with Crippen LogP contribution in [0.25, 0.3) is 11.3 Å². The number of rotatable bonds is 6. The number of hydrogen-bond acceptors (Lipinski definition) is 4. The average molecular weight is 368 g/mol. The normalized spacial score (nSPS) is 12.5. The first kappa shape index (κ1) is 19.4. The highest BCUT2D eigenvalue weighted by Crippen LogP contribution is 2.33. The van der Waals surface area contributed by atoms with E-state index in [4.69, 9.17) is 21.9 Å². The number of nitrogens with zero attached hydrogens (tertiary/aromatic N) is 2. The second kappa shape index (κ2) is 7.97. The molecule has 1 aromatic heterocycles. The molecule has 136 valence electrons. The molecule has 0 saturated heterocycles. The zero-order valence-corrected chi connectivity index (χ0v) is 15.6. The van der Waals surface area contributed by atoms with E-state index in [1.54, 1.807) is 24.9 Å². The lowest BCUT2D eigenvalue weighted by Crippen LogP contribution is -2.35. The number of nitrogens with two attached hydrogens (primary N) is 1. The molecule has 2 rings (SSSR count). The van der Waals surface area contributed by atoms with E-state index in [-0.39, 0.29) is 33.8 Å². The lowest BCUT2D eigenvalue weighted by Gasteiger charge is -2.21. The topological polar surface area (TPSA) is 72.4 Å². The van der Waals surface area contributed by atoms with Crippen LogP contribution in [-0.2, 0) is 0 Å². The van der Waals surface area contributed by atoms with Crippen molar-refractivity contribution in [3.8, 4) is 11.3 Å². The van der Waals surface area contributed by atoms with Crippen LogP contribution in [0.4, 0.5) is 4.39 Å². The summed E-state index contributed by atoms with van der Waals surface area (Å²) < 4.78 is 19.4. The van der Waals surface area contributed by atoms with Crippen molar-refractivity contribution in [2.24, 2.45) is 11.7 Å². The Kier molecular flexibility index (Phi) is 6.19. The van der Waals surface area contributed by atoms with Crippen molar-refractivity contribution < 1.29 is 13.7 Å². The Bertz CT molecular complexity index is 741. The molecule has 1 amide bonds. The number of halogens is 2. The molecule has 1 aromatic carbocycles. The fourth-order valence-corrected chi connectivity index (χ4v) is 2.74. The third kappa shape index (κ3) is 4.19. The first-order chi connectivity index (χ1) is 11.7. The molecule has 2 N–H and O–H groups in total. The maximum atomic E-state index is 14.2. The SMILES string of the molecule is Cc1onc(-c2c(F)cccc2Cl)c1C(=O)N(C)CCC(N)C(C)C. The molecule has 0 radical (unpaired) electrons. The van der Waals surface area contributed by atoms with Gasteiger partial charge in [-0.15, -0.1) is 0 Å². The molecule has 0 aliphatic heterocycles. The van der Waals surface area contributed by atoms with E-state index in [0.29, 0.717) is 24.6 Å². The van der Waals surface area contributed by atoms with E-state index >= 15 is 0 Å². The van der Waals surface area contributed by atoms with Crippen LogP contribution in [0.1, 0.15) is 36.4 Å². The molecular formula is C18H23ClFN3O2. The second-order valence-corrected chi connectivity index (χ2v) is 6.89. The Balaban J connectivity index is 2.31. The molecule has 1 heterocycles. The molecule has 0 aliphatic carbocycles. The zero-order chi connectivity index (χ0) is 18.7. The van der Waals surface area contributed by atoms with Gasteiger partial charge in [0.25, 0.3) is 5.91 Å². The number of carbonyl (C=O) groups excluding carboxylic acids is 1. The van der Waals surface area contributed by atoms with Gasteiger partial charge < -0.3 is 15.2 Å². The smallest absolute Gasteiger partial charge is 0.259 e. The highest BCUT2D eigenvalue weighted by molar-refractivity contribution is 6.33. The van der Waals surface area contributed by atoms with Crippen LogP contribution in [0.3, 0.4) is 0 Å². The van der Waals surface area contributed by atoms with Crippen LogP contribution >= 0.6 is 11.6 Å². The minimum atomic E-state index is -0.556. The van der Waals surface area contributed by atoms with Crippen LogP contribution < -0.4 is 5.73 Å². The molecule has 0 fully saturated rings. The van der Waals surface area contributed by atoms with Crippen molar-refractivity contribution >= 4 is 17.5 Å². The maximum absolute atomic E-state index is 14.2. The summed E-state index contributed by atoms with van der Waals surface area (Å²) in [5.41, 5.74) is 6.44. The first-order valence-corrected chi connectivity index (χ1v) is 8.53. The fourth-order valence-electron chi connectivity index (χ4n) is 2.49. The average Bonchev–Trinajstić information content (AvgIpc) is 2.92. The summed E-state index contributed by atoms with van der Waals surface area (Å²) in [5.74, 6) is -0.212. The van der Waals surface area contributed by atoms with Crippen molar-refractivity contribution in [2.75, 3.05) is 13.6 Å². The Morgan fingerprint density at radius 1 is 1.44 bits per heavy atom. The largest absolute Gasteiger partial charge is 0.360 e. The summed E-state index contributed by atoms with van der Waals surface area (Å²) >= 11 is 6.10. The summed E-state index contributed by atoms with van der Waals surface area (Å²) in [6.07, 6.45) is 0.667. The number of hydrogen-bond donors (Lipinski definition) is 1. The molecule has 0 bridgehead atoms. The highest BCUT2D eigenvalue weighted by atomic mass is 35.5. The summed E-state index contributed by atoms with van der Waals surface area (Å²) in [5, 5.41) is 4.04. The summed E-state index contributed by atoms with van der Waals surface area (Å²) in [6.45, 7) is 6.17. The number of amides is 1. The Hall–Kier alpha value is -1.92. The van der Waals surface area contributed by atoms with Crippen molar-refractivity contribution in [2.45, 2.75) is 33.2 Å². The van der Waals surface area contributed by atoms with Crippen molar-refractivity contribution in [1.82, 2.24) is 10.1 Å². The molecular weight excluding hydrogens is 345 g/mol. The standard InChI is InChI=1S/C18H23ClFN3O2/c1-10(2)14(21)8-9-23(4)18(24)15-11(3)25-22-17(15)16-12(19)6-5-7-13(16)20/h5-7,10,14H,8-9,21H2,1-4H3. The molecule has 0 aliphatic rings. The number of benzene rings is 1. The number of carbonyl (C=O) groups is 1. The van der Waals surface area contributed by atoms with E-state index in [9.17, 15) is 9.18 Å². The molecule has 0 spiro atoms. The van der Waals surface area contributed by atoms with Gasteiger partial charge in [0.15, 0.2) is 0 Å². The molecule has 0 saturated carbocycles. The van der Waals surface area contributed by atoms with Crippen LogP contribution in [0.5, 0.6) is 0 Å². The Labute approximate surface area is 151 Å². The molecule has 5 nitrogen and oxygen atoms in total. The van der Waals surface area contributed by atoms with E-state index in [1.807, 2.05) is 13.8 Å². The summed E-state index contributed by atoms with van der Waals surface area (Å²) in [6, 6.07) is 4.31. The van der Waals surface area contributed by atoms with Gasteiger partial charge in [0, 0.05) is 19.6 Å². The van der Waals surface area contributed by atoms with Crippen molar-refractivity contribution in [3.05, 3.63) is 40.4 Å². The Morgan fingerprint density at radius 3 is 2.72 bits per heavy atom. The number of aryl methyl sites for hydroxylation is 1. The van der Waals surface area contributed by atoms with Crippen LogP contribution in [0.2, 0.25) is 5.02 Å². The first-order valence-electron chi connectivity index (χ1n) is 8.15. The second-order valence-electron chi connectivity index (χ2n) is 6.48. The van der Waals surface area contributed by atoms with E-state index in [1.165, 1.54) is 12.1 Å². The lowest BCUT2D eigenvalue weighted by atomic mass is 10.0. The van der Waals surface area contributed by atoms with Crippen LogP contribution in [0.15, 0.2) is 22.7 Å². The van der Waals surface area contributed by atoms with Crippen molar-refractivity contribution in [1.29, 1.82) is 0 Å². The van der Waals surface area contributed by atoms with Gasteiger partial charge in [-0.1, -0.05) is 36.7 Å². The van der Waals surface area contributed by atoms with E-state index in [2.05, 4.69) is 5.16 Å². The van der Waals surface area contributed by atoms with Gasteiger partial charge >= 0.3 is 0 Å². The van der Waals surface area contributed by atoms with Gasteiger partial charge in [0.2, 0.25) is 0 Å². The van der Waals surface area contributed by atoms with E-state index < -0.39 is 5.82 Å². The van der Waals surface area contributed by atoms with Crippen molar-refractivity contribution in [3.63, 3.8) is 0 Å². The fraction of sp³-hybridized carbons (Fsp3) is 0.444. The van der Waals surface area contributed by atoms with Gasteiger partial charge in [-0.3, -0.25) is 4.79 Å². The Morgan fingerprint density at radius 2 is 2.12 bits per heavy atom. The lowest BCUT2D eigenvalue weighted by molar-refractivity contribution is 0.0788. The third-order valence-electron chi connectivity index (χ3n) is 4.28. The summed E-state index contributed by atoms with van der Waals surface area (Å²) in [4.78, 5) is 14.4. The summed E-state index contributed by atoms with van der Waals surface area (Å²) in [7, 11) is 1.68. The highest BCUT2D eigenvalue weighted by Gasteiger charge is 2.27. The molecule has 1 atom stereocenters. The van der Waals surface area contributed by atoms with Gasteiger partial charge in [0.05, 0.1) is 10.6 Å². The number of aromatic nitrogens is 1. The van der Waals surface area contributed by atoms with Crippen LogP contribution in [-0.4, -0.2) is 35.6 Å². The van der Waals surface area contributed by atoms with Gasteiger partial charge in [-0.25, -0.2) is 4.39 Å². The van der Waals surface area contributed by atoms with Gasteiger partial charge in [-0.2, -0.15) is 0 Å². The minimum Gasteiger partial charge on any atom is -0.360 e. The van der Waals surface area contributed by atoms with E-state index in [0.717, 1.165) is 0 Å². The zero-order valence-electron chi connectivity index (χ0n) is 14.8. The maximum Gasteiger partial charge on any atom is 0.259 e. The van der Waals surface area contributed by atoms with Gasteiger partial charge in [0.1, 0.15) is 22.8 Å². The van der Waals surface area contributed by atoms with Crippen LogP contribution in [0, 0.1) is 18.7 Å². The third-order valence-corrected chi connectivity index (χ3v) is 4.59. The minimum absolute atomic E-state index is 0.000644. The molecule has 7 heteroatoms.